The van der Waals surface area contributed by atoms with E-state index in [1.807, 2.05) is 6.92 Å². The van der Waals surface area contributed by atoms with Crippen molar-refractivity contribution in [3.8, 4) is 0 Å². The molecule has 0 unspecified atom stereocenters. The first-order chi connectivity index (χ1) is 5.52. The fourth-order valence-electron chi connectivity index (χ4n) is 0.409. The summed E-state index contributed by atoms with van der Waals surface area (Å²) in [5.41, 5.74) is 0. The Hall–Kier alpha value is -0.710. The zero-order chi connectivity index (χ0) is 9.61. The number of aromatic nitrogens is 2. The van der Waals surface area contributed by atoms with Crippen LogP contribution in [0.2, 0.25) is 0 Å². The maximum absolute atomic E-state index is 11.5. The Morgan fingerprint density at radius 2 is 2.00 bits per heavy atom. The summed E-state index contributed by atoms with van der Waals surface area (Å²) in [6, 6.07) is 0. The summed E-state index contributed by atoms with van der Waals surface area (Å²) < 4.78 is 34.7. The lowest BCUT2D eigenvalue weighted by atomic mass is 10.9. The molecule has 1 heterocycles. The number of hydrogen-bond donors (Lipinski definition) is 0. The molecule has 2 nitrogen and oxygen atoms in total. The Morgan fingerprint density at radius 3 is 2.17 bits per heavy atom. The van der Waals surface area contributed by atoms with Crippen LogP contribution in [0.3, 0.4) is 0 Å². The molecule has 12 heavy (non-hydrogen) atoms. The summed E-state index contributed by atoms with van der Waals surface area (Å²) in [5, 5.41) is 0. The molecule has 0 aliphatic rings. The lowest BCUT2D eigenvalue weighted by Gasteiger charge is -2.03. The molecule has 0 saturated heterocycles. The van der Waals surface area contributed by atoms with Crippen LogP contribution in [0.4, 0.5) is 13.2 Å². The predicted octanol–water partition coefficient (Wildman–Crippen LogP) is 2.60. The molecule has 0 aromatic carbocycles. The number of hydrogen-bond acceptors (Lipinski definition) is 1. The highest BCUT2D eigenvalue weighted by Crippen LogP contribution is 2.20. The second-order valence-corrected chi connectivity index (χ2v) is 2.24. The van der Waals surface area contributed by atoms with Gasteiger partial charge < -0.3 is 0 Å². The Labute approximate surface area is 73.0 Å². The molecule has 1 aromatic rings. The van der Waals surface area contributed by atoms with E-state index in [4.69, 9.17) is 11.6 Å². The molecule has 0 N–H and O–H groups in total. The molecule has 70 valence electrons. The average Bonchev–Trinajstić information content (AvgIpc) is 2.36. The summed E-state index contributed by atoms with van der Waals surface area (Å²) in [6.07, 6.45) is -1.69. The summed E-state index contributed by atoms with van der Waals surface area (Å²) >= 11 is 5.00. The molecule has 0 amide bonds. The lowest BCUT2D eigenvalue weighted by Crippen LogP contribution is -2.13. The number of alkyl halides is 4. The van der Waals surface area contributed by atoms with E-state index >= 15 is 0 Å². The standard InChI is InChI=1S/C4H3F3N2.C2H5Cl/c5-4(6,7)9-2-1-8-3-9;1-2-3/h1-3H;2H2,1H3. The van der Waals surface area contributed by atoms with Crippen molar-refractivity contribution in [2.75, 3.05) is 5.88 Å². The Bertz CT molecular complexity index is 195. The summed E-state index contributed by atoms with van der Waals surface area (Å²) in [4.78, 5) is 3.23. The number of rotatable bonds is 0. The second-order valence-electron chi connectivity index (χ2n) is 1.71. The van der Waals surface area contributed by atoms with E-state index in [2.05, 4.69) is 4.98 Å². The van der Waals surface area contributed by atoms with Gasteiger partial charge in [0.05, 0.1) is 0 Å². The van der Waals surface area contributed by atoms with Crippen molar-refractivity contribution in [3.63, 3.8) is 0 Å². The minimum atomic E-state index is -4.32. The van der Waals surface area contributed by atoms with Crippen LogP contribution in [0.15, 0.2) is 18.7 Å². The first-order valence-electron chi connectivity index (χ1n) is 3.13. The van der Waals surface area contributed by atoms with E-state index in [1.54, 1.807) is 0 Å². The van der Waals surface area contributed by atoms with Crippen LogP contribution in [0.5, 0.6) is 0 Å². The van der Waals surface area contributed by atoms with E-state index in [0.29, 0.717) is 6.33 Å². The van der Waals surface area contributed by atoms with Gasteiger partial charge in [-0.25, -0.2) is 9.55 Å². The summed E-state index contributed by atoms with van der Waals surface area (Å²) in [5.74, 6) is 0.722. The minimum absolute atomic E-state index is 0.0764. The van der Waals surface area contributed by atoms with Crippen LogP contribution in [0.1, 0.15) is 6.92 Å². The Morgan fingerprint density at radius 1 is 1.50 bits per heavy atom. The third-order valence-corrected chi connectivity index (χ3v) is 0.797. The van der Waals surface area contributed by atoms with Crippen molar-refractivity contribution < 1.29 is 13.2 Å². The smallest absolute Gasteiger partial charge is 0.248 e. The van der Waals surface area contributed by atoms with Gasteiger partial charge in [0, 0.05) is 18.3 Å². The first kappa shape index (κ1) is 11.3. The summed E-state index contributed by atoms with van der Waals surface area (Å²) in [6.45, 7) is 1.89. The largest absolute Gasteiger partial charge is 0.489 e. The van der Waals surface area contributed by atoms with Gasteiger partial charge in [0.2, 0.25) is 0 Å². The van der Waals surface area contributed by atoms with Gasteiger partial charge in [-0.05, 0) is 0 Å². The van der Waals surface area contributed by atoms with Gasteiger partial charge in [0.1, 0.15) is 6.33 Å². The fourth-order valence-corrected chi connectivity index (χ4v) is 0.409. The fraction of sp³-hybridized carbons (Fsp3) is 0.500. The minimum Gasteiger partial charge on any atom is -0.248 e. The topological polar surface area (TPSA) is 17.8 Å². The molecular formula is C6H8ClF3N2. The maximum Gasteiger partial charge on any atom is 0.489 e. The molecule has 0 aliphatic heterocycles. The molecule has 0 aliphatic carbocycles. The van der Waals surface area contributed by atoms with Gasteiger partial charge in [0.15, 0.2) is 0 Å². The van der Waals surface area contributed by atoms with Crippen molar-refractivity contribution in [2.24, 2.45) is 0 Å². The third kappa shape index (κ3) is 4.23. The van der Waals surface area contributed by atoms with Gasteiger partial charge in [-0.2, -0.15) is 0 Å². The zero-order valence-corrected chi connectivity index (χ0v) is 7.10. The van der Waals surface area contributed by atoms with E-state index in [9.17, 15) is 13.2 Å². The molecule has 0 saturated carbocycles. The highest BCUT2D eigenvalue weighted by molar-refractivity contribution is 6.17. The molecule has 6 heteroatoms. The van der Waals surface area contributed by atoms with Crippen LogP contribution < -0.4 is 0 Å². The van der Waals surface area contributed by atoms with Gasteiger partial charge in [-0.1, -0.05) is 6.92 Å². The van der Waals surface area contributed by atoms with E-state index in [0.717, 1.165) is 18.3 Å². The normalized spacial score (nSPS) is 10.4. The molecule has 0 radical (unpaired) electrons. The monoisotopic (exact) mass is 200 g/mol. The quantitative estimate of drug-likeness (QED) is 0.589. The lowest BCUT2D eigenvalue weighted by molar-refractivity contribution is -0.204. The van der Waals surface area contributed by atoms with Crippen molar-refractivity contribution in [3.05, 3.63) is 18.7 Å². The van der Waals surface area contributed by atoms with Crippen LogP contribution in [0.25, 0.3) is 0 Å². The van der Waals surface area contributed by atoms with Gasteiger partial charge in [-0.3, -0.25) is 0 Å². The van der Waals surface area contributed by atoms with Gasteiger partial charge in [0.25, 0.3) is 0 Å². The number of imidazole rings is 1. The van der Waals surface area contributed by atoms with Crippen molar-refractivity contribution in [1.29, 1.82) is 0 Å². The van der Waals surface area contributed by atoms with Crippen molar-refractivity contribution in [2.45, 2.75) is 13.2 Å². The van der Waals surface area contributed by atoms with E-state index < -0.39 is 6.30 Å². The molecule has 0 atom stereocenters. The van der Waals surface area contributed by atoms with E-state index in [-0.39, 0.29) is 4.57 Å². The Balaban J connectivity index is 0.000000354. The molecule has 0 spiro atoms. The van der Waals surface area contributed by atoms with Gasteiger partial charge in [-0.15, -0.1) is 24.8 Å². The van der Waals surface area contributed by atoms with Gasteiger partial charge >= 0.3 is 6.30 Å². The third-order valence-electron chi connectivity index (χ3n) is 0.797. The molecule has 0 fully saturated rings. The van der Waals surface area contributed by atoms with Crippen molar-refractivity contribution >= 4 is 11.6 Å². The van der Waals surface area contributed by atoms with Crippen LogP contribution in [-0.4, -0.2) is 15.4 Å². The van der Waals surface area contributed by atoms with E-state index in [1.165, 1.54) is 0 Å². The van der Waals surface area contributed by atoms with Crippen LogP contribution in [0, 0.1) is 0 Å². The predicted molar refractivity (Wildman–Crippen MR) is 39.9 cm³/mol. The van der Waals surface area contributed by atoms with Crippen LogP contribution in [-0.2, 0) is 6.30 Å². The first-order valence-corrected chi connectivity index (χ1v) is 3.67. The highest BCUT2D eigenvalue weighted by atomic mass is 35.5. The summed E-state index contributed by atoms with van der Waals surface area (Å²) in [7, 11) is 0. The van der Waals surface area contributed by atoms with Crippen molar-refractivity contribution in [1.82, 2.24) is 9.55 Å². The Kier molecular flexibility index (Phi) is 4.73. The second kappa shape index (κ2) is 5.03. The maximum atomic E-state index is 11.5. The highest BCUT2D eigenvalue weighted by Gasteiger charge is 2.29. The van der Waals surface area contributed by atoms with Crippen LogP contribution >= 0.6 is 11.6 Å². The molecule has 1 rings (SSSR count). The number of nitrogens with zero attached hydrogens (tertiary/aromatic N) is 2. The molecule has 0 bridgehead atoms. The average molecular weight is 201 g/mol. The SMILES string of the molecule is CCCl.FC(F)(F)n1ccnc1. The molecular weight excluding hydrogens is 193 g/mol. The zero-order valence-electron chi connectivity index (χ0n) is 6.35. The number of halogens is 4. The molecule has 1 aromatic heterocycles.